The Balaban J connectivity index is 2.35. The molecule has 0 unspecified atom stereocenters. The smallest absolute Gasteiger partial charge is 0.335 e. The number of hydrogen-bond donors (Lipinski definition) is 3. The Morgan fingerprint density at radius 3 is 3.00 bits per heavy atom. The topological polar surface area (TPSA) is 123 Å². The molecule has 2 rings (SSSR count). The minimum atomic E-state index is -1.01. The maximum absolute atomic E-state index is 11.0. The first kappa shape index (κ1) is 14.3. The molecule has 0 saturated heterocycles. The average molecular weight is 287 g/mol. The zero-order chi connectivity index (χ0) is 15.2. The van der Waals surface area contributed by atoms with Crippen molar-refractivity contribution in [1.29, 1.82) is 0 Å². The number of hydrogen-bond acceptors (Lipinski definition) is 7. The van der Waals surface area contributed by atoms with Crippen molar-refractivity contribution in [2.24, 2.45) is 5.16 Å². The molecule has 0 aliphatic carbocycles. The molecular formula is C13H13N5O3. The van der Waals surface area contributed by atoms with Crippen molar-refractivity contribution in [3.8, 4) is 0 Å². The SMILES string of the molecule is CON=Cc1c(N)ncnc1Nc1cccc(C(=O)O)c1. The number of carboxylic acid groups (broad SMARTS) is 1. The summed E-state index contributed by atoms with van der Waals surface area (Å²) in [5.41, 5.74) is 6.92. The average Bonchev–Trinajstić information content (AvgIpc) is 2.47. The van der Waals surface area contributed by atoms with Crippen molar-refractivity contribution >= 4 is 29.5 Å². The minimum absolute atomic E-state index is 0.161. The van der Waals surface area contributed by atoms with Gasteiger partial charge in [0, 0.05) is 5.69 Å². The van der Waals surface area contributed by atoms with Crippen molar-refractivity contribution in [1.82, 2.24) is 9.97 Å². The Kier molecular flexibility index (Phi) is 4.30. The number of rotatable bonds is 5. The van der Waals surface area contributed by atoms with Gasteiger partial charge in [-0.1, -0.05) is 11.2 Å². The molecule has 0 saturated carbocycles. The predicted molar refractivity (Wildman–Crippen MR) is 77.7 cm³/mol. The fraction of sp³-hybridized carbons (Fsp3) is 0.0769. The number of aromatic carboxylic acids is 1. The van der Waals surface area contributed by atoms with Crippen LogP contribution < -0.4 is 11.1 Å². The molecule has 0 aliphatic heterocycles. The van der Waals surface area contributed by atoms with E-state index in [-0.39, 0.29) is 11.4 Å². The van der Waals surface area contributed by atoms with Crippen LogP contribution in [0.1, 0.15) is 15.9 Å². The molecule has 8 nitrogen and oxygen atoms in total. The first-order chi connectivity index (χ1) is 10.1. The molecule has 1 heterocycles. The third-order valence-corrected chi connectivity index (χ3v) is 2.57. The van der Waals surface area contributed by atoms with E-state index in [9.17, 15) is 4.79 Å². The van der Waals surface area contributed by atoms with Gasteiger partial charge in [-0.2, -0.15) is 0 Å². The number of carbonyl (C=O) groups is 1. The van der Waals surface area contributed by atoms with Crippen LogP contribution in [0.15, 0.2) is 35.7 Å². The van der Waals surface area contributed by atoms with Crippen LogP contribution >= 0.6 is 0 Å². The van der Waals surface area contributed by atoms with E-state index >= 15 is 0 Å². The lowest BCUT2D eigenvalue weighted by Crippen LogP contribution is -2.05. The highest BCUT2D eigenvalue weighted by Gasteiger charge is 2.09. The van der Waals surface area contributed by atoms with Gasteiger partial charge in [0.25, 0.3) is 0 Å². The molecule has 0 atom stereocenters. The van der Waals surface area contributed by atoms with Crippen LogP contribution in [0.2, 0.25) is 0 Å². The molecule has 0 radical (unpaired) electrons. The number of aromatic nitrogens is 2. The lowest BCUT2D eigenvalue weighted by atomic mass is 10.2. The van der Waals surface area contributed by atoms with Crippen LogP contribution in [0.25, 0.3) is 0 Å². The van der Waals surface area contributed by atoms with E-state index in [1.54, 1.807) is 12.1 Å². The van der Waals surface area contributed by atoms with Gasteiger partial charge in [0.2, 0.25) is 0 Å². The summed E-state index contributed by atoms with van der Waals surface area (Å²) in [5.74, 6) is -0.393. The summed E-state index contributed by atoms with van der Waals surface area (Å²) < 4.78 is 0. The molecule has 21 heavy (non-hydrogen) atoms. The van der Waals surface area contributed by atoms with E-state index in [0.29, 0.717) is 17.1 Å². The summed E-state index contributed by atoms with van der Waals surface area (Å²) in [6.45, 7) is 0. The largest absolute Gasteiger partial charge is 0.478 e. The Labute approximate surface area is 120 Å². The molecule has 108 valence electrons. The van der Waals surface area contributed by atoms with Gasteiger partial charge < -0.3 is 21.0 Å². The highest BCUT2D eigenvalue weighted by Crippen LogP contribution is 2.21. The maximum Gasteiger partial charge on any atom is 0.335 e. The lowest BCUT2D eigenvalue weighted by molar-refractivity contribution is 0.0697. The van der Waals surface area contributed by atoms with Crippen molar-refractivity contribution in [3.05, 3.63) is 41.7 Å². The van der Waals surface area contributed by atoms with Gasteiger partial charge in [-0.25, -0.2) is 14.8 Å². The van der Waals surface area contributed by atoms with E-state index in [0.717, 1.165) is 0 Å². The zero-order valence-electron chi connectivity index (χ0n) is 11.1. The summed E-state index contributed by atoms with van der Waals surface area (Å²) in [5, 5.41) is 15.6. The van der Waals surface area contributed by atoms with Gasteiger partial charge in [-0.3, -0.25) is 0 Å². The van der Waals surface area contributed by atoms with Crippen LogP contribution in [0.4, 0.5) is 17.3 Å². The Bertz CT molecular complexity index is 687. The molecule has 0 aliphatic rings. The molecule has 1 aromatic heterocycles. The first-order valence-corrected chi connectivity index (χ1v) is 5.89. The van der Waals surface area contributed by atoms with Crippen LogP contribution in [0.5, 0.6) is 0 Å². The van der Waals surface area contributed by atoms with E-state index in [2.05, 4.69) is 25.3 Å². The molecule has 1 aromatic carbocycles. The molecule has 0 spiro atoms. The number of carboxylic acids is 1. The van der Waals surface area contributed by atoms with Gasteiger partial charge in [0.05, 0.1) is 17.3 Å². The molecular weight excluding hydrogens is 274 g/mol. The van der Waals surface area contributed by atoms with E-state index in [4.69, 9.17) is 10.8 Å². The van der Waals surface area contributed by atoms with Crippen LogP contribution in [-0.4, -0.2) is 34.4 Å². The third-order valence-electron chi connectivity index (χ3n) is 2.57. The molecule has 4 N–H and O–H groups in total. The van der Waals surface area contributed by atoms with Gasteiger partial charge in [0.1, 0.15) is 25.1 Å². The molecule has 2 aromatic rings. The number of oxime groups is 1. The number of anilines is 3. The van der Waals surface area contributed by atoms with Gasteiger partial charge in [0.15, 0.2) is 0 Å². The van der Waals surface area contributed by atoms with Crippen LogP contribution in [0.3, 0.4) is 0 Å². The second-order valence-corrected chi connectivity index (χ2v) is 3.95. The monoisotopic (exact) mass is 287 g/mol. The first-order valence-electron chi connectivity index (χ1n) is 5.89. The lowest BCUT2D eigenvalue weighted by Gasteiger charge is -2.09. The molecule has 0 bridgehead atoms. The summed E-state index contributed by atoms with van der Waals surface area (Å²) in [7, 11) is 1.40. The second-order valence-electron chi connectivity index (χ2n) is 3.95. The Hall–Kier alpha value is -3.16. The summed E-state index contributed by atoms with van der Waals surface area (Å²) >= 11 is 0. The number of nitrogens with zero attached hydrogens (tertiary/aromatic N) is 3. The van der Waals surface area contributed by atoms with Crippen LogP contribution in [-0.2, 0) is 4.84 Å². The number of benzene rings is 1. The zero-order valence-corrected chi connectivity index (χ0v) is 11.1. The van der Waals surface area contributed by atoms with Crippen molar-refractivity contribution in [2.75, 3.05) is 18.2 Å². The normalized spacial score (nSPS) is 10.5. The number of nitrogen functional groups attached to an aromatic ring is 1. The summed E-state index contributed by atoms with van der Waals surface area (Å²) in [6.07, 6.45) is 2.67. The standard InChI is InChI=1S/C13H13N5O3/c1-21-17-6-10-11(14)15-7-16-12(10)18-9-4-2-3-8(5-9)13(19)20/h2-7H,1H3,(H,19,20)(H3,14,15,16,18). The molecule has 0 fully saturated rings. The number of nitrogens with one attached hydrogen (secondary N) is 1. The fourth-order valence-electron chi connectivity index (χ4n) is 1.61. The van der Waals surface area contributed by atoms with Crippen molar-refractivity contribution < 1.29 is 14.7 Å². The number of nitrogens with two attached hydrogens (primary N) is 1. The minimum Gasteiger partial charge on any atom is -0.478 e. The highest BCUT2D eigenvalue weighted by molar-refractivity contribution is 5.93. The second kappa shape index (κ2) is 6.33. The maximum atomic E-state index is 11.0. The third kappa shape index (κ3) is 3.44. The van der Waals surface area contributed by atoms with Gasteiger partial charge >= 0.3 is 5.97 Å². The van der Waals surface area contributed by atoms with E-state index in [1.165, 1.54) is 31.8 Å². The fourth-order valence-corrected chi connectivity index (χ4v) is 1.61. The molecule has 0 amide bonds. The van der Waals surface area contributed by atoms with Crippen molar-refractivity contribution in [3.63, 3.8) is 0 Å². The van der Waals surface area contributed by atoms with E-state index < -0.39 is 5.97 Å². The Morgan fingerprint density at radius 1 is 1.48 bits per heavy atom. The van der Waals surface area contributed by atoms with E-state index in [1.807, 2.05) is 0 Å². The summed E-state index contributed by atoms with van der Waals surface area (Å²) in [6, 6.07) is 6.31. The van der Waals surface area contributed by atoms with Crippen LogP contribution in [0, 0.1) is 0 Å². The molecule has 8 heteroatoms. The van der Waals surface area contributed by atoms with Gasteiger partial charge in [-0.15, -0.1) is 0 Å². The quantitative estimate of drug-likeness (QED) is 0.562. The summed E-state index contributed by atoms with van der Waals surface area (Å²) in [4.78, 5) is 23.5. The van der Waals surface area contributed by atoms with Crippen molar-refractivity contribution in [2.45, 2.75) is 0 Å². The predicted octanol–water partition coefficient (Wildman–Crippen LogP) is 1.48. The highest BCUT2D eigenvalue weighted by atomic mass is 16.6. The van der Waals surface area contributed by atoms with Gasteiger partial charge in [-0.05, 0) is 18.2 Å². The Morgan fingerprint density at radius 2 is 2.29 bits per heavy atom.